The molecule has 0 aromatic heterocycles. The zero-order valence-corrected chi connectivity index (χ0v) is 24.1. The van der Waals surface area contributed by atoms with E-state index in [0.717, 1.165) is 30.0 Å². The van der Waals surface area contributed by atoms with E-state index >= 15 is 0 Å². The van der Waals surface area contributed by atoms with Gasteiger partial charge in [0.1, 0.15) is 12.6 Å². The Morgan fingerprint density at radius 3 is 2.20 bits per heavy atom. The van der Waals surface area contributed by atoms with E-state index in [9.17, 15) is 28.1 Å². The Labute approximate surface area is 244 Å². The average molecular weight is 599 g/mol. The predicted molar refractivity (Wildman–Crippen MR) is 156 cm³/mol. The van der Waals surface area contributed by atoms with Gasteiger partial charge in [-0.1, -0.05) is 54.8 Å². The summed E-state index contributed by atoms with van der Waals surface area (Å²) in [4.78, 5) is 39.1. The summed E-state index contributed by atoms with van der Waals surface area (Å²) in [6.07, 6.45) is 3.78. The molecule has 12 heteroatoms. The van der Waals surface area contributed by atoms with Crippen LogP contribution in [0.4, 0.5) is 11.4 Å². The largest absolute Gasteiger partial charge is 0.352 e. The van der Waals surface area contributed by atoms with Gasteiger partial charge in [0.15, 0.2) is 0 Å². The number of hydrogen-bond donors (Lipinski definition) is 1. The second kappa shape index (κ2) is 13.1. The van der Waals surface area contributed by atoms with Gasteiger partial charge in [0.05, 0.1) is 15.5 Å². The van der Waals surface area contributed by atoms with Crippen molar-refractivity contribution < 1.29 is 22.9 Å². The molecule has 1 aliphatic rings. The van der Waals surface area contributed by atoms with Crippen LogP contribution in [0.25, 0.3) is 0 Å². The summed E-state index contributed by atoms with van der Waals surface area (Å²) in [5.74, 6) is -0.945. The summed E-state index contributed by atoms with van der Waals surface area (Å²) in [6.45, 7) is 1.01. The Morgan fingerprint density at radius 1 is 1.00 bits per heavy atom. The third kappa shape index (κ3) is 7.42. The number of anilines is 1. The lowest BCUT2D eigenvalue weighted by Gasteiger charge is -2.32. The number of nitro groups is 1. The van der Waals surface area contributed by atoms with Crippen LogP contribution in [-0.2, 0) is 26.2 Å². The highest BCUT2D eigenvalue weighted by atomic mass is 35.5. The van der Waals surface area contributed by atoms with Crippen LogP contribution >= 0.6 is 11.6 Å². The van der Waals surface area contributed by atoms with Crippen molar-refractivity contribution in [2.45, 2.75) is 56.1 Å². The number of halogens is 1. The molecular weight excluding hydrogens is 568 g/mol. The molecule has 2 amide bonds. The predicted octanol–water partition coefficient (Wildman–Crippen LogP) is 4.92. The molecule has 0 bridgehead atoms. The molecule has 3 aromatic rings. The SMILES string of the molecule is CC(C(=O)NC1CCCC1)N(Cc1ccc(Cl)cc1)C(=O)CN(c1ccc([N+](=O)[O-])cc1)S(=O)(=O)c1ccccc1. The first-order chi connectivity index (χ1) is 19.6. The highest BCUT2D eigenvalue weighted by Gasteiger charge is 2.33. The van der Waals surface area contributed by atoms with Gasteiger partial charge < -0.3 is 10.2 Å². The number of benzene rings is 3. The van der Waals surface area contributed by atoms with Gasteiger partial charge >= 0.3 is 0 Å². The van der Waals surface area contributed by atoms with E-state index in [0.29, 0.717) is 10.6 Å². The van der Waals surface area contributed by atoms with E-state index in [1.54, 1.807) is 49.4 Å². The summed E-state index contributed by atoms with van der Waals surface area (Å²) < 4.78 is 28.4. The van der Waals surface area contributed by atoms with Crippen molar-refractivity contribution in [3.63, 3.8) is 0 Å². The van der Waals surface area contributed by atoms with Crippen molar-refractivity contribution in [2.24, 2.45) is 0 Å². The van der Waals surface area contributed by atoms with Crippen LogP contribution in [0.5, 0.6) is 0 Å². The zero-order valence-electron chi connectivity index (χ0n) is 22.5. The molecule has 1 N–H and O–H groups in total. The monoisotopic (exact) mass is 598 g/mol. The topological polar surface area (TPSA) is 130 Å². The molecule has 1 fully saturated rings. The Morgan fingerprint density at radius 2 is 1.61 bits per heavy atom. The number of nitro benzene ring substituents is 1. The van der Waals surface area contributed by atoms with E-state index < -0.39 is 33.4 Å². The molecule has 216 valence electrons. The number of sulfonamides is 1. The summed E-state index contributed by atoms with van der Waals surface area (Å²) >= 11 is 6.03. The maximum Gasteiger partial charge on any atom is 0.269 e. The van der Waals surface area contributed by atoms with Crippen molar-refractivity contribution >= 4 is 44.8 Å². The molecule has 41 heavy (non-hydrogen) atoms. The first-order valence-corrected chi connectivity index (χ1v) is 15.0. The second-order valence-electron chi connectivity index (χ2n) is 9.91. The highest BCUT2D eigenvalue weighted by Crippen LogP contribution is 2.27. The molecule has 1 atom stereocenters. The molecule has 1 aliphatic carbocycles. The van der Waals surface area contributed by atoms with Crippen molar-refractivity contribution in [2.75, 3.05) is 10.8 Å². The van der Waals surface area contributed by atoms with Gasteiger partial charge in [-0.2, -0.15) is 0 Å². The molecular formula is C29H31ClN4O6S. The molecule has 0 aliphatic heterocycles. The van der Waals surface area contributed by atoms with Crippen molar-refractivity contribution in [1.29, 1.82) is 0 Å². The van der Waals surface area contributed by atoms with E-state index in [1.165, 1.54) is 41.3 Å². The first kappa shape index (κ1) is 30.0. The molecule has 1 unspecified atom stereocenters. The average Bonchev–Trinajstić information content (AvgIpc) is 3.48. The van der Waals surface area contributed by atoms with Crippen LogP contribution in [0.3, 0.4) is 0 Å². The fourth-order valence-electron chi connectivity index (χ4n) is 4.75. The van der Waals surface area contributed by atoms with Crippen LogP contribution < -0.4 is 9.62 Å². The van der Waals surface area contributed by atoms with Gasteiger partial charge in [-0.05, 0) is 61.7 Å². The minimum Gasteiger partial charge on any atom is -0.352 e. The third-order valence-electron chi connectivity index (χ3n) is 7.09. The highest BCUT2D eigenvalue weighted by molar-refractivity contribution is 7.92. The van der Waals surface area contributed by atoms with Gasteiger partial charge in [-0.15, -0.1) is 0 Å². The Hall–Kier alpha value is -3.96. The lowest BCUT2D eigenvalue weighted by molar-refractivity contribution is -0.384. The molecule has 1 saturated carbocycles. The van der Waals surface area contributed by atoms with Crippen LogP contribution in [0, 0.1) is 10.1 Å². The number of amides is 2. The minimum absolute atomic E-state index is 0.0347. The van der Waals surface area contributed by atoms with E-state index in [2.05, 4.69) is 5.32 Å². The maximum absolute atomic E-state index is 13.9. The van der Waals surface area contributed by atoms with Gasteiger partial charge in [-0.25, -0.2) is 8.42 Å². The number of nitrogens with one attached hydrogen (secondary N) is 1. The van der Waals surface area contributed by atoms with Gasteiger partial charge in [-0.3, -0.25) is 24.0 Å². The van der Waals surface area contributed by atoms with Crippen LogP contribution in [0.1, 0.15) is 38.2 Å². The number of hydrogen-bond acceptors (Lipinski definition) is 6. The molecule has 4 rings (SSSR count). The van der Waals surface area contributed by atoms with Crippen molar-refractivity contribution in [1.82, 2.24) is 10.2 Å². The number of carbonyl (C=O) groups is 2. The molecule has 0 saturated heterocycles. The lowest BCUT2D eigenvalue weighted by atomic mass is 10.1. The lowest BCUT2D eigenvalue weighted by Crippen LogP contribution is -2.52. The molecule has 10 nitrogen and oxygen atoms in total. The molecule has 0 heterocycles. The molecule has 0 spiro atoms. The number of nitrogens with zero attached hydrogens (tertiary/aromatic N) is 3. The van der Waals surface area contributed by atoms with E-state index in [1.807, 2.05) is 0 Å². The summed E-state index contributed by atoms with van der Waals surface area (Å²) in [5.41, 5.74) is 0.553. The van der Waals surface area contributed by atoms with Gasteiger partial charge in [0, 0.05) is 29.7 Å². The quantitative estimate of drug-likeness (QED) is 0.246. The molecule has 3 aromatic carbocycles. The third-order valence-corrected chi connectivity index (χ3v) is 9.13. The van der Waals surface area contributed by atoms with Crippen molar-refractivity contribution in [3.8, 4) is 0 Å². The van der Waals surface area contributed by atoms with Gasteiger partial charge in [0.25, 0.3) is 15.7 Å². The zero-order chi connectivity index (χ0) is 29.6. The minimum atomic E-state index is -4.26. The summed E-state index contributed by atoms with van der Waals surface area (Å²) in [7, 11) is -4.26. The Kier molecular flexibility index (Phi) is 9.61. The Bertz CT molecular complexity index is 1480. The maximum atomic E-state index is 13.9. The van der Waals surface area contributed by atoms with E-state index in [-0.39, 0.29) is 34.8 Å². The first-order valence-electron chi connectivity index (χ1n) is 13.2. The summed E-state index contributed by atoms with van der Waals surface area (Å²) in [6, 6.07) is 18.5. The van der Waals surface area contributed by atoms with Crippen LogP contribution in [-0.4, -0.2) is 48.7 Å². The number of rotatable bonds is 11. The number of non-ortho nitro benzene ring substituents is 1. The number of carbonyl (C=O) groups excluding carboxylic acids is 2. The Balaban J connectivity index is 1.68. The van der Waals surface area contributed by atoms with E-state index in [4.69, 9.17) is 11.6 Å². The van der Waals surface area contributed by atoms with Crippen LogP contribution in [0.15, 0.2) is 83.8 Å². The van der Waals surface area contributed by atoms with Crippen molar-refractivity contribution in [3.05, 3.63) is 99.6 Å². The second-order valence-corrected chi connectivity index (χ2v) is 12.2. The standard InChI is InChI=1S/C29H31ClN4O6S/c1-21(29(36)31-24-7-5-6-8-24)32(19-22-11-13-23(30)14-12-22)28(35)20-33(25-15-17-26(18-16-25)34(37)38)41(39,40)27-9-3-2-4-10-27/h2-4,9-18,21,24H,5-8,19-20H2,1H3,(H,31,36). The fraction of sp³-hybridized carbons (Fsp3) is 0.310. The normalized spacial score (nSPS) is 14.3. The smallest absolute Gasteiger partial charge is 0.269 e. The summed E-state index contributed by atoms with van der Waals surface area (Å²) in [5, 5.41) is 14.7. The van der Waals surface area contributed by atoms with Crippen LogP contribution in [0.2, 0.25) is 5.02 Å². The molecule has 0 radical (unpaired) electrons. The fourth-order valence-corrected chi connectivity index (χ4v) is 6.31. The van der Waals surface area contributed by atoms with Gasteiger partial charge in [0.2, 0.25) is 11.8 Å².